The molecular weight excluding hydrogens is 364 g/mol. The summed E-state index contributed by atoms with van der Waals surface area (Å²) in [5.41, 5.74) is 1.56. The van der Waals surface area contributed by atoms with Gasteiger partial charge in [-0.25, -0.2) is 9.79 Å². The lowest BCUT2D eigenvalue weighted by atomic mass is 10.2. The predicted octanol–water partition coefficient (Wildman–Crippen LogP) is 4.06. The second-order valence-corrected chi connectivity index (χ2v) is 7.07. The van der Waals surface area contributed by atoms with E-state index in [2.05, 4.69) is 10.3 Å². The Morgan fingerprint density at radius 2 is 1.89 bits per heavy atom. The second-order valence-electron chi connectivity index (χ2n) is 6.04. The number of nitrogens with one attached hydrogen (secondary N) is 1. The van der Waals surface area contributed by atoms with Crippen LogP contribution in [0.4, 0.5) is 5.69 Å². The molecule has 0 saturated carbocycles. The van der Waals surface area contributed by atoms with Crippen molar-refractivity contribution in [3.8, 4) is 5.75 Å². The number of aliphatic imine (C=N–C) groups is 1. The number of carbonyl (C=O) groups excluding carboxylic acids is 1. The molecule has 0 unspecified atom stereocenters. The van der Waals surface area contributed by atoms with Gasteiger partial charge in [0.05, 0.1) is 22.3 Å². The third-order valence-electron chi connectivity index (χ3n) is 3.56. The number of para-hydroxylation sites is 1. The van der Waals surface area contributed by atoms with E-state index >= 15 is 0 Å². The number of amidine groups is 1. The van der Waals surface area contributed by atoms with Crippen LogP contribution in [0, 0.1) is 0 Å². The van der Waals surface area contributed by atoms with Crippen molar-refractivity contribution in [2.75, 3.05) is 0 Å². The lowest BCUT2D eigenvalue weighted by Crippen LogP contribution is -2.19. The van der Waals surface area contributed by atoms with Gasteiger partial charge >= 0.3 is 5.97 Å². The van der Waals surface area contributed by atoms with Crippen molar-refractivity contribution in [1.82, 2.24) is 5.32 Å². The van der Waals surface area contributed by atoms with Crippen LogP contribution < -0.4 is 10.1 Å². The van der Waals surface area contributed by atoms with Crippen LogP contribution in [0.15, 0.2) is 58.4 Å². The minimum atomic E-state index is -0.995. The van der Waals surface area contributed by atoms with Gasteiger partial charge in [-0.1, -0.05) is 18.2 Å². The maximum atomic E-state index is 12.3. The van der Waals surface area contributed by atoms with E-state index in [-0.39, 0.29) is 17.6 Å². The van der Waals surface area contributed by atoms with Crippen molar-refractivity contribution >= 4 is 40.6 Å². The highest BCUT2D eigenvalue weighted by Crippen LogP contribution is 2.31. The van der Waals surface area contributed by atoms with Crippen molar-refractivity contribution in [1.29, 1.82) is 0 Å². The maximum Gasteiger partial charge on any atom is 0.335 e. The Kier molecular flexibility index (Phi) is 5.61. The van der Waals surface area contributed by atoms with Gasteiger partial charge in [-0.15, -0.1) is 0 Å². The smallest absolute Gasteiger partial charge is 0.335 e. The lowest BCUT2D eigenvalue weighted by Gasteiger charge is -2.12. The van der Waals surface area contributed by atoms with Crippen LogP contribution in [0.1, 0.15) is 29.8 Å². The molecule has 1 aliphatic heterocycles. The highest BCUT2D eigenvalue weighted by atomic mass is 32.2. The molecule has 1 heterocycles. The number of amides is 1. The third-order valence-corrected chi connectivity index (χ3v) is 4.47. The number of ether oxygens (including phenoxy) is 1. The molecule has 0 radical (unpaired) electrons. The molecule has 1 fully saturated rings. The minimum Gasteiger partial charge on any atom is -0.490 e. The summed E-state index contributed by atoms with van der Waals surface area (Å²) in [4.78, 5) is 28.0. The van der Waals surface area contributed by atoms with Gasteiger partial charge in [-0.3, -0.25) is 4.79 Å². The summed E-state index contributed by atoms with van der Waals surface area (Å²) < 4.78 is 5.78. The molecule has 2 aromatic rings. The molecule has 3 rings (SSSR count). The number of rotatable bonds is 5. The zero-order chi connectivity index (χ0) is 19.4. The Morgan fingerprint density at radius 1 is 1.19 bits per heavy atom. The Labute approximate surface area is 161 Å². The van der Waals surface area contributed by atoms with E-state index in [1.165, 1.54) is 23.9 Å². The van der Waals surface area contributed by atoms with E-state index < -0.39 is 5.97 Å². The standard InChI is InChI=1S/C20H18N2O4S/c1-12(2)26-16-6-4-3-5-14(16)11-17-18(23)22-20(27-17)21-15-9-7-13(8-10-15)19(24)25/h3-12H,1-2H3,(H,24,25)(H,21,22,23)/b17-11-. The van der Waals surface area contributed by atoms with Gasteiger partial charge in [-0.2, -0.15) is 0 Å². The predicted molar refractivity (Wildman–Crippen MR) is 106 cm³/mol. The van der Waals surface area contributed by atoms with Crippen molar-refractivity contribution < 1.29 is 19.4 Å². The summed E-state index contributed by atoms with van der Waals surface area (Å²) in [5, 5.41) is 12.1. The van der Waals surface area contributed by atoms with Crippen LogP contribution >= 0.6 is 11.8 Å². The van der Waals surface area contributed by atoms with Gasteiger partial charge in [0.25, 0.3) is 5.91 Å². The zero-order valence-corrected chi connectivity index (χ0v) is 15.6. The Morgan fingerprint density at radius 3 is 2.56 bits per heavy atom. The van der Waals surface area contributed by atoms with Crippen molar-refractivity contribution in [2.45, 2.75) is 20.0 Å². The normalized spacial score (nSPS) is 16.8. The Bertz CT molecular complexity index is 933. The van der Waals surface area contributed by atoms with E-state index in [0.29, 0.717) is 21.5 Å². The topological polar surface area (TPSA) is 88.0 Å². The number of hydrogen-bond donors (Lipinski definition) is 2. The SMILES string of the molecule is CC(C)Oc1ccccc1/C=C1\SC(=Nc2ccc(C(=O)O)cc2)NC1=O. The Hall–Kier alpha value is -3.06. The number of nitrogens with zero attached hydrogens (tertiary/aromatic N) is 1. The maximum absolute atomic E-state index is 12.3. The molecule has 27 heavy (non-hydrogen) atoms. The summed E-state index contributed by atoms with van der Waals surface area (Å²) in [5.74, 6) is -0.520. The average Bonchev–Trinajstić information content (AvgIpc) is 2.96. The quantitative estimate of drug-likeness (QED) is 0.761. The van der Waals surface area contributed by atoms with Gasteiger partial charge < -0.3 is 15.2 Å². The van der Waals surface area contributed by atoms with Crippen LogP contribution in [0.2, 0.25) is 0 Å². The third kappa shape index (κ3) is 4.77. The van der Waals surface area contributed by atoms with Crippen LogP contribution in [0.3, 0.4) is 0 Å². The first-order valence-corrected chi connectivity index (χ1v) is 9.12. The first-order valence-electron chi connectivity index (χ1n) is 8.31. The van der Waals surface area contributed by atoms with E-state index in [1.54, 1.807) is 18.2 Å². The molecule has 7 heteroatoms. The fourth-order valence-corrected chi connectivity index (χ4v) is 3.21. The average molecular weight is 382 g/mol. The zero-order valence-electron chi connectivity index (χ0n) is 14.8. The van der Waals surface area contributed by atoms with Crippen LogP contribution in [-0.2, 0) is 4.79 Å². The number of carboxylic acid groups (broad SMARTS) is 1. The fraction of sp³-hybridized carbons (Fsp3) is 0.150. The molecule has 0 aliphatic carbocycles. The van der Waals surface area contributed by atoms with Gasteiger partial charge in [0.1, 0.15) is 5.75 Å². The molecular formula is C20H18N2O4S. The van der Waals surface area contributed by atoms with E-state index in [9.17, 15) is 9.59 Å². The van der Waals surface area contributed by atoms with E-state index in [0.717, 1.165) is 5.56 Å². The second kappa shape index (κ2) is 8.09. The van der Waals surface area contributed by atoms with Crippen LogP contribution in [-0.4, -0.2) is 28.3 Å². The molecule has 1 saturated heterocycles. The molecule has 0 aromatic heterocycles. The van der Waals surface area contributed by atoms with Crippen molar-refractivity contribution in [3.63, 3.8) is 0 Å². The molecule has 6 nitrogen and oxygen atoms in total. The van der Waals surface area contributed by atoms with Crippen LogP contribution in [0.5, 0.6) is 5.75 Å². The molecule has 0 spiro atoms. The molecule has 1 aliphatic rings. The van der Waals surface area contributed by atoms with Crippen molar-refractivity contribution in [2.24, 2.45) is 4.99 Å². The van der Waals surface area contributed by atoms with Crippen molar-refractivity contribution in [3.05, 3.63) is 64.6 Å². The molecule has 0 atom stereocenters. The van der Waals surface area contributed by atoms with Crippen LogP contribution in [0.25, 0.3) is 6.08 Å². The Balaban J connectivity index is 1.81. The minimum absolute atomic E-state index is 0.0282. The summed E-state index contributed by atoms with van der Waals surface area (Å²) in [6.07, 6.45) is 1.80. The molecule has 2 N–H and O–H groups in total. The number of carboxylic acids is 1. The summed E-state index contributed by atoms with van der Waals surface area (Å²) in [7, 11) is 0. The molecule has 0 bridgehead atoms. The number of aromatic carboxylic acids is 1. The van der Waals surface area contributed by atoms with Gasteiger partial charge in [0.2, 0.25) is 0 Å². The summed E-state index contributed by atoms with van der Waals surface area (Å²) >= 11 is 1.23. The molecule has 1 amide bonds. The van der Waals surface area contributed by atoms with Gasteiger partial charge in [-0.05, 0) is 62.0 Å². The number of carbonyl (C=O) groups is 2. The van der Waals surface area contributed by atoms with E-state index in [4.69, 9.17) is 9.84 Å². The highest BCUT2D eigenvalue weighted by Gasteiger charge is 2.24. The number of benzene rings is 2. The van der Waals surface area contributed by atoms with E-state index in [1.807, 2.05) is 38.1 Å². The summed E-state index contributed by atoms with van der Waals surface area (Å²) in [6, 6.07) is 13.7. The molecule has 2 aromatic carbocycles. The first kappa shape index (κ1) is 18.7. The highest BCUT2D eigenvalue weighted by molar-refractivity contribution is 8.18. The lowest BCUT2D eigenvalue weighted by molar-refractivity contribution is -0.115. The first-order chi connectivity index (χ1) is 12.9. The fourth-order valence-electron chi connectivity index (χ4n) is 2.38. The summed E-state index contributed by atoms with van der Waals surface area (Å²) in [6.45, 7) is 3.89. The molecule has 138 valence electrons. The number of hydrogen-bond acceptors (Lipinski definition) is 5. The largest absolute Gasteiger partial charge is 0.490 e. The number of thioether (sulfide) groups is 1. The van der Waals surface area contributed by atoms with Gasteiger partial charge in [0.15, 0.2) is 5.17 Å². The monoisotopic (exact) mass is 382 g/mol. The van der Waals surface area contributed by atoms with Gasteiger partial charge in [0, 0.05) is 5.56 Å².